The lowest BCUT2D eigenvalue weighted by molar-refractivity contribution is 0.0599. The van der Waals surface area contributed by atoms with Crippen LogP contribution in [0.1, 0.15) is 37.0 Å². The third-order valence-corrected chi connectivity index (χ3v) is 6.01. The fourth-order valence-electron chi connectivity index (χ4n) is 2.46. The van der Waals surface area contributed by atoms with E-state index in [0.717, 1.165) is 0 Å². The Hall–Kier alpha value is -2.39. The topological polar surface area (TPSA) is 98.5 Å². The van der Waals surface area contributed by atoms with Gasteiger partial charge in [-0.15, -0.1) is 0 Å². The number of sulfonamides is 1. The molecule has 0 fully saturated rings. The quantitative estimate of drug-likeness (QED) is 0.569. The number of halogens is 1. The van der Waals surface area contributed by atoms with Gasteiger partial charge in [-0.2, -0.15) is 0 Å². The van der Waals surface area contributed by atoms with E-state index in [9.17, 15) is 13.2 Å². The van der Waals surface area contributed by atoms with Crippen LogP contribution < -0.4 is 4.72 Å². The maximum absolute atomic E-state index is 12.8. The van der Waals surface area contributed by atoms with Gasteiger partial charge in [0, 0.05) is 9.89 Å². The summed E-state index contributed by atoms with van der Waals surface area (Å²) in [4.78, 5) is 16.2. The number of oxazole rings is 1. The summed E-state index contributed by atoms with van der Waals surface area (Å²) in [6.07, 6.45) is 0. The number of nitrogens with one attached hydrogen (secondary N) is 1. The first-order valence-corrected chi connectivity index (χ1v) is 10.6. The van der Waals surface area contributed by atoms with E-state index in [0.29, 0.717) is 27.2 Å². The number of nitrogens with zero attached hydrogens (tertiary/aromatic N) is 1. The van der Waals surface area contributed by atoms with Gasteiger partial charge < -0.3 is 9.15 Å². The number of ether oxygens (including phenoxy) is 1. The van der Waals surface area contributed by atoms with Crippen LogP contribution in [0.4, 0.5) is 5.69 Å². The highest BCUT2D eigenvalue weighted by Crippen LogP contribution is 2.28. The van der Waals surface area contributed by atoms with Gasteiger partial charge in [0.1, 0.15) is 5.52 Å². The Labute approximate surface area is 171 Å². The minimum Gasteiger partial charge on any atom is -0.465 e. The van der Waals surface area contributed by atoms with Crippen LogP contribution in [0.3, 0.4) is 0 Å². The van der Waals surface area contributed by atoms with E-state index in [1.807, 2.05) is 20.8 Å². The molecular weight excluding hydrogens is 448 g/mol. The summed E-state index contributed by atoms with van der Waals surface area (Å²) >= 11 is 3.22. The Morgan fingerprint density at radius 3 is 2.54 bits per heavy atom. The van der Waals surface area contributed by atoms with Crippen LogP contribution in [0.25, 0.3) is 11.1 Å². The van der Waals surface area contributed by atoms with Crippen molar-refractivity contribution in [2.45, 2.75) is 31.1 Å². The zero-order valence-corrected chi connectivity index (χ0v) is 18.1. The van der Waals surface area contributed by atoms with Crippen LogP contribution in [-0.2, 0) is 20.2 Å². The van der Waals surface area contributed by atoms with Crippen molar-refractivity contribution in [3.63, 3.8) is 0 Å². The van der Waals surface area contributed by atoms with Crippen molar-refractivity contribution in [1.82, 2.24) is 4.98 Å². The molecule has 0 amide bonds. The highest BCUT2D eigenvalue weighted by atomic mass is 79.9. The summed E-state index contributed by atoms with van der Waals surface area (Å²) in [6, 6.07) is 8.99. The number of carbonyl (C=O) groups is 1. The number of hydrogen-bond acceptors (Lipinski definition) is 6. The molecule has 7 nitrogen and oxygen atoms in total. The number of aromatic nitrogens is 1. The Balaban J connectivity index is 1.95. The van der Waals surface area contributed by atoms with Crippen LogP contribution in [-0.4, -0.2) is 26.5 Å². The molecule has 28 heavy (non-hydrogen) atoms. The lowest BCUT2D eigenvalue weighted by atomic mass is 9.97. The van der Waals surface area contributed by atoms with Crippen LogP contribution in [0, 0.1) is 0 Å². The number of fused-ring (bicyclic) bond motifs is 1. The summed E-state index contributed by atoms with van der Waals surface area (Å²) in [5, 5.41) is 0. The van der Waals surface area contributed by atoms with Gasteiger partial charge in [-0.05, 0) is 52.3 Å². The normalized spacial score (nSPS) is 12.2. The maximum Gasteiger partial charge on any atom is 0.339 e. The number of benzene rings is 2. The van der Waals surface area contributed by atoms with Crippen molar-refractivity contribution in [1.29, 1.82) is 0 Å². The molecule has 9 heteroatoms. The number of anilines is 1. The van der Waals surface area contributed by atoms with E-state index < -0.39 is 16.0 Å². The Morgan fingerprint density at radius 1 is 1.18 bits per heavy atom. The van der Waals surface area contributed by atoms with E-state index in [4.69, 9.17) is 4.42 Å². The smallest absolute Gasteiger partial charge is 0.339 e. The van der Waals surface area contributed by atoms with Crippen molar-refractivity contribution in [3.05, 3.63) is 52.3 Å². The zero-order valence-electron chi connectivity index (χ0n) is 15.7. The fourth-order valence-corrected chi connectivity index (χ4v) is 3.95. The minimum absolute atomic E-state index is 0.0632. The number of methoxy groups -OCH3 is 1. The molecule has 0 spiro atoms. The first kappa shape index (κ1) is 20.3. The third kappa shape index (κ3) is 4.05. The Morgan fingerprint density at radius 2 is 1.89 bits per heavy atom. The molecule has 2 aromatic carbocycles. The molecular formula is C19H19BrN2O5S. The van der Waals surface area contributed by atoms with E-state index in [-0.39, 0.29) is 15.9 Å². The first-order chi connectivity index (χ1) is 13.0. The molecule has 0 atom stereocenters. The number of rotatable bonds is 4. The van der Waals surface area contributed by atoms with Gasteiger partial charge >= 0.3 is 5.97 Å². The maximum atomic E-state index is 12.8. The third-order valence-electron chi connectivity index (χ3n) is 3.93. The van der Waals surface area contributed by atoms with E-state index >= 15 is 0 Å². The summed E-state index contributed by atoms with van der Waals surface area (Å²) in [7, 11) is -2.69. The fraction of sp³-hybridized carbons (Fsp3) is 0.263. The lowest BCUT2D eigenvalue weighted by Crippen LogP contribution is -2.14. The second kappa shape index (κ2) is 7.21. The molecule has 148 valence electrons. The van der Waals surface area contributed by atoms with Crippen molar-refractivity contribution in [3.8, 4) is 0 Å². The summed E-state index contributed by atoms with van der Waals surface area (Å²) in [5.74, 6) is -0.0687. The number of esters is 1. The van der Waals surface area contributed by atoms with Gasteiger partial charge in [-0.25, -0.2) is 18.2 Å². The van der Waals surface area contributed by atoms with Crippen molar-refractivity contribution in [2.75, 3.05) is 11.8 Å². The molecule has 0 aliphatic carbocycles. The van der Waals surface area contributed by atoms with Crippen molar-refractivity contribution < 1.29 is 22.4 Å². The van der Waals surface area contributed by atoms with Gasteiger partial charge in [-0.3, -0.25) is 4.72 Å². The van der Waals surface area contributed by atoms with Gasteiger partial charge in [0.2, 0.25) is 5.89 Å². The number of hydrogen-bond donors (Lipinski definition) is 1. The Kier molecular flexibility index (Phi) is 5.24. The van der Waals surface area contributed by atoms with Crippen molar-refractivity contribution >= 4 is 48.7 Å². The monoisotopic (exact) mass is 466 g/mol. The Bertz CT molecular complexity index is 1160. The van der Waals surface area contributed by atoms with E-state index in [1.54, 1.807) is 18.2 Å². The molecule has 0 radical (unpaired) electrons. The van der Waals surface area contributed by atoms with Crippen LogP contribution in [0.5, 0.6) is 0 Å². The van der Waals surface area contributed by atoms with Gasteiger partial charge in [0.25, 0.3) is 10.0 Å². The molecule has 0 saturated heterocycles. The molecule has 0 aliphatic heterocycles. The molecule has 0 unspecified atom stereocenters. The summed E-state index contributed by atoms with van der Waals surface area (Å²) < 4.78 is 38.9. The zero-order chi connectivity index (χ0) is 20.7. The minimum atomic E-state index is -3.92. The van der Waals surface area contributed by atoms with E-state index in [1.165, 1.54) is 25.3 Å². The van der Waals surface area contributed by atoms with Gasteiger partial charge in [0.05, 0.1) is 23.3 Å². The largest absolute Gasteiger partial charge is 0.465 e. The molecule has 0 aliphatic rings. The highest BCUT2D eigenvalue weighted by Gasteiger charge is 2.22. The second-order valence-corrected chi connectivity index (χ2v) is 9.73. The molecule has 0 saturated carbocycles. The lowest BCUT2D eigenvalue weighted by Gasteiger charge is -2.11. The van der Waals surface area contributed by atoms with Gasteiger partial charge in [0.15, 0.2) is 5.58 Å². The molecule has 1 heterocycles. The predicted octanol–water partition coefficient (Wildman–Crippen LogP) is 4.48. The standard InChI is InChI=1S/C19H19BrN2O5S/c1-19(2,3)18-21-15-9-11(5-8-16(15)27-18)22-28(24,25)12-6-7-14(20)13(10-12)17(23)26-4/h5-10,22H,1-4H3. The summed E-state index contributed by atoms with van der Waals surface area (Å²) in [6.45, 7) is 5.94. The highest BCUT2D eigenvalue weighted by molar-refractivity contribution is 9.10. The molecule has 3 rings (SSSR count). The summed E-state index contributed by atoms with van der Waals surface area (Å²) in [5.41, 5.74) is 1.32. The molecule has 1 N–H and O–H groups in total. The number of carbonyl (C=O) groups excluding carboxylic acids is 1. The average molecular weight is 467 g/mol. The van der Waals surface area contributed by atoms with Crippen LogP contribution in [0.2, 0.25) is 0 Å². The average Bonchev–Trinajstić information content (AvgIpc) is 3.04. The first-order valence-electron chi connectivity index (χ1n) is 8.33. The van der Waals surface area contributed by atoms with Gasteiger partial charge in [-0.1, -0.05) is 20.8 Å². The molecule has 0 bridgehead atoms. The molecule has 1 aromatic heterocycles. The SMILES string of the molecule is COC(=O)c1cc(S(=O)(=O)Nc2ccc3oc(C(C)(C)C)nc3c2)ccc1Br. The van der Waals surface area contributed by atoms with Crippen LogP contribution >= 0.6 is 15.9 Å². The predicted molar refractivity (Wildman–Crippen MR) is 109 cm³/mol. The van der Waals surface area contributed by atoms with Crippen molar-refractivity contribution in [2.24, 2.45) is 0 Å². The molecule has 3 aromatic rings. The second-order valence-electron chi connectivity index (χ2n) is 7.19. The van der Waals surface area contributed by atoms with E-state index in [2.05, 4.69) is 30.4 Å². The van der Waals surface area contributed by atoms with Crippen LogP contribution in [0.15, 0.2) is 50.2 Å².